The third-order valence-electron chi connectivity index (χ3n) is 2.98. The van der Waals surface area contributed by atoms with Crippen LogP contribution in [0.15, 0.2) is 24.3 Å². The molecule has 0 aliphatic rings. The van der Waals surface area contributed by atoms with E-state index in [4.69, 9.17) is 4.74 Å². The van der Waals surface area contributed by atoms with Crippen molar-refractivity contribution in [1.29, 1.82) is 0 Å². The van der Waals surface area contributed by atoms with Crippen molar-refractivity contribution in [2.24, 2.45) is 0 Å². The fourth-order valence-electron chi connectivity index (χ4n) is 1.84. The Morgan fingerprint density at radius 3 is 2.78 bits per heavy atom. The minimum atomic E-state index is 0.113. The van der Waals surface area contributed by atoms with Crippen molar-refractivity contribution in [3.63, 3.8) is 0 Å². The summed E-state index contributed by atoms with van der Waals surface area (Å²) in [5, 5.41) is 4.04. The number of benzene rings is 1. The Morgan fingerprint density at radius 2 is 2.17 bits per heavy atom. The fourth-order valence-corrected chi connectivity index (χ4v) is 2.76. The van der Waals surface area contributed by atoms with Crippen molar-refractivity contribution in [2.75, 3.05) is 19.5 Å². The highest BCUT2D eigenvalue weighted by molar-refractivity contribution is 7.19. The molecule has 1 atom stereocenters. The van der Waals surface area contributed by atoms with Crippen LogP contribution in [0.5, 0.6) is 0 Å². The molecule has 0 saturated carbocycles. The fraction of sp³-hybridized carbons (Fsp3) is 0.357. The number of anilines is 1. The number of ether oxygens (including phenoxy) is 1. The molecule has 1 aromatic carbocycles. The maximum atomic E-state index is 5.36. The zero-order valence-electron chi connectivity index (χ0n) is 11.2. The Bertz CT molecular complexity index is 536. The van der Waals surface area contributed by atoms with Crippen molar-refractivity contribution in [1.82, 2.24) is 4.98 Å². The molecule has 18 heavy (non-hydrogen) atoms. The summed E-state index contributed by atoms with van der Waals surface area (Å²) in [5.74, 6) is 0. The maximum Gasteiger partial charge on any atom is 0.183 e. The van der Waals surface area contributed by atoms with Gasteiger partial charge in [0.05, 0.1) is 16.7 Å². The second-order valence-electron chi connectivity index (χ2n) is 4.19. The number of thiazole rings is 1. The van der Waals surface area contributed by atoms with Crippen LogP contribution in [-0.4, -0.2) is 19.1 Å². The Morgan fingerprint density at radius 1 is 1.39 bits per heavy atom. The average molecular weight is 262 g/mol. The highest BCUT2D eigenvalue weighted by atomic mass is 32.1. The second-order valence-corrected chi connectivity index (χ2v) is 5.19. The number of hydrogen-bond acceptors (Lipinski definition) is 4. The molecule has 0 spiro atoms. The van der Waals surface area contributed by atoms with Crippen molar-refractivity contribution < 1.29 is 4.74 Å². The van der Waals surface area contributed by atoms with E-state index in [0.29, 0.717) is 0 Å². The first-order valence-electron chi connectivity index (χ1n) is 5.94. The molecule has 4 heteroatoms. The predicted octanol–water partition coefficient (Wildman–Crippen LogP) is 3.87. The van der Waals surface area contributed by atoms with Crippen LogP contribution in [0.3, 0.4) is 0 Å². The van der Waals surface area contributed by atoms with Gasteiger partial charge in [-0.05, 0) is 31.0 Å². The number of aryl methyl sites for hydroxylation is 1. The van der Waals surface area contributed by atoms with Crippen LogP contribution in [0.2, 0.25) is 0 Å². The van der Waals surface area contributed by atoms with Gasteiger partial charge in [-0.15, -0.1) is 0 Å². The van der Waals surface area contributed by atoms with Gasteiger partial charge in [0.1, 0.15) is 0 Å². The predicted molar refractivity (Wildman–Crippen MR) is 77.3 cm³/mol. The van der Waals surface area contributed by atoms with E-state index in [9.17, 15) is 0 Å². The molecule has 0 amide bonds. The maximum absolute atomic E-state index is 5.36. The molecule has 1 heterocycles. The van der Waals surface area contributed by atoms with E-state index in [1.54, 1.807) is 18.4 Å². The molecule has 0 bridgehead atoms. The summed E-state index contributed by atoms with van der Waals surface area (Å²) < 4.78 is 5.36. The molecule has 2 rings (SSSR count). The second kappa shape index (κ2) is 5.50. The molecule has 96 valence electrons. The van der Waals surface area contributed by atoms with Gasteiger partial charge in [-0.1, -0.05) is 29.5 Å². The topological polar surface area (TPSA) is 34.2 Å². The summed E-state index contributed by atoms with van der Waals surface area (Å²) in [4.78, 5) is 5.69. The van der Waals surface area contributed by atoms with E-state index < -0.39 is 0 Å². The zero-order valence-corrected chi connectivity index (χ0v) is 12.0. The molecule has 0 unspecified atom stereocenters. The summed E-state index contributed by atoms with van der Waals surface area (Å²) >= 11 is 1.68. The lowest BCUT2D eigenvalue weighted by molar-refractivity contribution is 0.119. The van der Waals surface area contributed by atoms with Crippen LogP contribution < -0.4 is 5.32 Å². The number of hydrogen-bond donors (Lipinski definition) is 1. The molecule has 0 aliphatic heterocycles. The number of nitrogens with zero attached hydrogens (tertiary/aromatic N) is 1. The summed E-state index contributed by atoms with van der Waals surface area (Å²) in [6, 6.07) is 8.45. The number of rotatable bonds is 4. The molecular formula is C14H18N2OS. The monoisotopic (exact) mass is 262 g/mol. The summed E-state index contributed by atoms with van der Waals surface area (Å²) in [7, 11) is 3.62. The first-order chi connectivity index (χ1) is 8.65. The van der Waals surface area contributed by atoms with E-state index in [2.05, 4.69) is 41.5 Å². The van der Waals surface area contributed by atoms with E-state index in [-0.39, 0.29) is 6.10 Å². The number of nitrogens with one attached hydrogen (secondary N) is 1. The van der Waals surface area contributed by atoms with Crippen LogP contribution in [0.4, 0.5) is 5.13 Å². The Hall–Kier alpha value is -1.39. The van der Waals surface area contributed by atoms with Crippen LogP contribution in [0.25, 0.3) is 10.4 Å². The average Bonchev–Trinajstić information content (AvgIpc) is 2.79. The van der Waals surface area contributed by atoms with Crippen LogP contribution in [0.1, 0.15) is 24.3 Å². The van der Waals surface area contributed by atoms with Gasteiger partial charge in [0.25, 0.3) is 0 Å². The standard InChI is InChI=1S/C14H18N2OS/c1-9-13(18-14(15-3)16-9)12-7-5-6-11(8-12)10(2)17-4/h5-8,10H,1-4H3,(H,15,16)/t10-/m1/s1. The van der Waals surface area contributed by atoms with Gasteiger partial charge in [0.15, 0.2) is 5.13 Å². The van der Waals surface area contributed by atoms with Crippen LogP contribution in [-0.2, 0) is 4.74 Å². The molecule has 0 saturated heterocycles. The van der Waals surface area contributed by atoms with Gasteiger partial charge in [-0.25, -0.2) is 4.98 Å². The number of aromatic nitrogens is 1. The molecular weight excluding hydrogens is 244 g/mol. The minimum Gasteiger partial charge on any atom is -0.377 e. The van der Waals surface area contributed by atoms with Gasteiger partial charge in [-0.3, -0.25) is 0 Å². The van der Waals surface area contributed by atoms with Gasteiger partial charge >= 0.3 is 0 Å². The first-order valence-corrected chi connectivity index (χ1v) is 6.75. The smallest absolute Gasteiger partial charge is 0.183 e. The van der Waals surface area contributed by atoms with Crippen molar-refractivity contribution in [3.05, 3.63) is 35.5 Å². The van der Waals surface area contributed by atoms with E-state index in [1.807, 2.05) is 14.0 Å². The van der Waals surface area contributed by atoms with Gasteiger partial charge in [-0.2, -0.15) is 0 Å². The van der Waals surface area contributed by atoms with Crippen LogP contribution in [0, 0.1) is 6.92 Å². The molecule has 1 aromatic heterocycles. The molecule has 0 radical (unpaired) electrons. The Labute approximate surface area is 112 Å². The Kier molecular flexibility index (Phi) is 3.99. The van der Waals surface area contributed by atoms with E-state index in [0.717, 1.165) is 10.8 Å². The lowest BCUT2D eigenvalue weighted by Gasteiger charge is -2.10. The van der Waals surface area contributed by atoms with Crippen molar-refractivity contribution in [3.8, 4) is 10.4 Å². The summed E-state index contributed by atoms with van der Waals surface area (Å²) in [5.41, 5.74) is 3.45. The molecule has 2 aromatic rings. The van der Waals surface area contributed by atoms with E-state index >= 15 is 0 Å². The lowest BCUT2D eigenvalue weighted by Crippen LogP contribution is -1.95. The highest BCUT2D eigenvalue weighted by Crippen LogP contribution is 2.33. The largest absolute Gasteiger partial charge is 0.377 e. The van der Waals surface area contributed by atoms with Crippen molar-refractivity contribution >= 4 is 16.5 Å². The first kappa shape index (κ1) is 13.1. The number of methoxy groups -OCH3 is 1. The molecule has 0 fully saturated rings. The normalized spacial score (nSPS) is 12.4. The quantitative estimate of drug-likeness (QED) is 0.908. The highest BCUT2D eigenvalue weighted by Gasteiger charge is 2.11. The van der Waals surface area contributed by atoms with Crippen LogP contribution >= 0.6 is 11.3 Å². The lowest BCUT2D eigenvalue weighted by atomic mass is 10.1. The third-order valence-corrected chi connectivity index (χ3v) is 4.21. The minimum absolute atomic E-state index is 0.113. The van der Waals surface area contributed by atoms with Gasteiger partial charge < -0.3 is 10.1 Å². The summed E-state index contributed by atoms with van der Waals surface area (Å²) in [6.07, 6.45) is 0.113. The zero-order chi connectivity index (χ0) is 13.1. The molecule has 0 aliphatic carbocycles. The van der Waals surface area contributed by atoms with Gasteiger partial charge in [0, 0.05) is 14.2 Å². The Balaban J connectivity index is 2.41. The summed E-state index contributed by atoms with van der Waals surface area (Å²) in [6.45, 7) is 4.09. The van der Waals surface area contributed by atoms with Gasteiger partial charge in [0.2, 0.25) is 0 Å². The molecule has 1 N–H and O–H groups in total. The third kappa shape index (κ3) is 2.54. The van der Waals surface area contributed by atoms with Crippen molar-refractivity contribution in [2.45, 2.75) is 20.0 Å². The van der Waals surface area contributed by atoms with E-state index in [1.165, 1.54) is 16.0 Å². The SMILES string of the molecule is CNc1nc(C)c(-c2cccc([C@@H](C)OC)c2)s1. The molecule has 3 nitrogen and oxygen atoms in total.